The first-order valence-corrected chi connectivity index (χ1v) is 5.44. The van der Waals surface area contributed by atoms with E-state index in [0.717, 1.165) is 6.04 Å². The first kappa shape index (κ1) is 8.25. The minimum atomic E-state index is 0.643. The van der Waals surface area contributed by atoms with Crippen LogP contribution >= 0.6 is 0 Å². The molecule has 1 saturated heterocycles. The van der Waals surface area contributed by atoms with Crippen molar-refractivity contribution < 1.29 is 0 Å². The maximum atomic E-state index is 3.61. The van der Waals surface area contributed by atoms with Crippen LogP contribution in [-0.2, 0) is 0 Å². The molecule has 1 aromatic rings. The van der Waals surface area contributed by atoms with Gasteiger partial charge in [-0.05, 0) is 30.4 Å². The molecule has 0 aromatic heterocycles. The molecule has 72 valence electrons. The van der Waals surface area contributed by atoms with Crippen LogP contribution in [0.3, 0.4) is 0 Å². The second-order valence-corrected chi connectivity index (χ2v) is 4.31. The number of benzene rings is 1. The van der Waals surface area contributed by atoms with Gasteiger partial charge in [-0.2, -0.15) is 0 Å². The van der Waals surface area contributed by atoms with Crippen molar-refractivity contribution in [3.8, 4) is 0 Å². The Morgan fingerprint density at radius 1 is 1.07 bits per heavy atom. The van der Waals surface area contributed by atoms with Crippen molar-refractivity contribution in [1.29, 1.82) is 0 Å². The van der Waals surface area contributed by atoms with Crippen LogP contribution in [0.1, 0.15) is 24.8 Å². The molecule has 2 bridgehead atoms. The van der Waals surface area contributed by atoms with Gasteiger partial charge in [0.15, 0.2) is 0 Å². The minimum Gasteiger partial charge on any atom is -0.307 e. The SMILES string of the molecule is C1=C(c2ccccc2)CC2CCC1N2. The molecule has 2 heterocycles. The molecule has 0 aliphatic carbocycles. The molecular weight excluding hydrogens is 170 g/mol. The molecule has 0 amide bonds. The molecule has 1 fully saturated rings. The Balaban J connectivity index is 1.93. The van der Waals surface area contributed by atoms with Crippen LogP contribution in [0.4, 0.5) is 0 Å². The fourth-order valence-electron chi connectivity index (χ4n) is 2.59. The van der Waals surface area contributed by atoms with Gasteiger partial charge in [-0.1, -0.05) is 36.4 Å². The monoisotopic (exact) mass is 185 g/mol. The molecule has 1 N–H and O–H groups in total. The summed E-state index contributed by atoms with van der Waals surface area (Å²) >= 11 is 0. The lowest BCUT2D eigenvalue weighted by molar-refractivity contribution is 0.575. The van der Waals surface area contributed by atoms with E-state index in [-0.39, 0.29) is 0 Å². The van der Waals surface area contributed by atoms with E-state index in [0.29, 0.717) is 6.04 Å². The minimum absolute atomic E-state index is 0.643. The zero-order valence-electron chi connectivity index (χ0n) is 8.24. The number of rotatable bonds is 1. The van der Waals surface area contributed by atoms with Gasteiger partial charge in [-0.25, -0.2) is 0 Å². The van der Waals surface area contributed by atoms with Crippen molar-refractivity contribution in [2.45, 2.75) is 31.3 Å². The van der Waals surface area contributed by atoms with Gasteiger partial charge in [0.1, 0.15) is 0 Å². The van der Waals surface area contributed by atoms with Crippen LogP contribution in [-0.4, -0.2) is 12.1 Å². The molecule has 2 atom stereocenters. The Labute approximate surface area is 84.8 Å². The fraction of sp³-hybridized carbons (Fsp3) is 0.385. The summed E-state index contributed by atoms with van der Waals surface area (Å²) < 4.78 is 0. The lowest BCUT2D eigenvalue weighted by Crippen LogP contribution is -2.31. The van der Waals surface area contributed by atoms with Crippen LogP contribution in [0.25, 0.3) is 5.57 Å². The number of hydrogen-bond donors (Lipinski definition) is 1. The van der Waals surface area contributed by atoms with E-state index in [9.17, 15) is 0 Å². The molecule has 3 rings (SSSR count). The van der Waals surface area contributed by atoms with Gasteiger partial charge in [0.2, 0.25) is 0 Å². The quantitative estimate of drug-likeness (QED) is 0.709. The molecular formula is C13H15N. The molecule has 0 saturated carbocycles. The highest BCUT2D eigenvalue weighted by Crippen LogP contribution is 2.31. The normalized spacial score (nSPS) is 30.1. The summed E-state index contributed by atoms with van der Waals surface area (Å²) in [6, 6.07) is 12.1. The molecule has 2 aliphatic heterocycles. The maximum Gasteiger partial charge on any atom is 0.0259 e. The average molecular weight is 185 g/mol. The molecule has 2 unspecified atom stereocenters. The standard InChI is InChI=1S/C13H15N/c1-2-4-10(5-3-1)11-8-12-6-7-13(9-11)14-12/h1-5,8,12-14H,6-7,9H2. The van der Waals surface area contributed by atoms with Crippen LogP contribution < -0.4 is 5.32 Å². The van der Waals surface area contributed by atoms with Crippen LogP contribution in [0, 0.1) is 0 Å². The number of fused-ring (bicyclic) bond motifs is 2. The average Bonchev–Trinajstić information content (AvgIpc) is 2.59. The predicted octanol–water partition coefficient (Wildman–Crippen LogP) is 2.59. The maximum absolute atomic E-state index is 3.61. The molecule has 2 aliphatic rings. The van der Waals surface area contributed by atoms with E-state index in [1.54, 1.807) is 0 Å². The van der Waals surface area contributed by atoms with Gasteiger partial charge in [-0.3, -0.25) is 0 Å². The summed E-state index contributed by atoms with van der Waals surface area (Å²) in [5, 5.41) is 3.61. The van der Waals surface area contributed by atoms with Crippen molar-refractivity contribution in [3.63, 3.8) is 0 Å². The Bertz CT molecular complexity index is 353. The highest BCUT2D eigenvalue weighted by molar-refractivity contribution is 5.67. The third-order valence-corrected chi connectivity index (χ3v) is 3.29. The summed E-state index contributed by atoms with van der Waals surface area (Å²) in [4.78, 5) is 0. The summed E-state index contributed by atoms with van der Waals surface area (Å²) in [5.41, 5.74) is 2.95. The van der Waals surface area contributed by atoms with E-state index < -0.39 is 0 Å². The van der Waals surface area contributed by atoms with Crippen LogP contribution in [0.2, 0.25) is 0 Å². The van der Waals surface area contributed by atoms with Gasteiger partial charge in [-0.15, -0.1) is 0 Å². The van der Waals surface area contributed by atoms with Gasteiger partial charge >= 0.3 is 0 Å². The zero-order chi connectivity index (χ0) is 9.38. The van der Waals surface area contributed by atoms with Crippen molar-refractivity contribution in [2.24, 2.45) is 0 Å². The Morgan fingerprint density at radius 3 is 2.71 bits per heavy atom. The second kappa shape index (κ2) is 3.25. The first-order valence-electron chi connectivity index (χ1n) is 5.44. The highest BCUT2D eigenvalue weighted by atomic mass is 15.0. The van der Waals surface area contributed by atoms with E-state index in [2.05, 4.69) is 41.7 Å². The Hall–Kier alpha value is -1.08. The highest BCUT2D eigenvalue weighted by Gasteiger charge is 2.27. The predicted molar refractivity (Wildman–Crippen MR) is 59.0 cm³/mol. The van der Waals surface area contributed by atoms with Crippen molar-refractivity contribution in [2.75, 3.05) is 0 Å². The fourth-order valence-corrected chi connectivity index (χ4v) is 2.59. The second-order valence-electron chi connectivity index (χ2n) is 4.31. The van der Waals surface area contributed by atoms with Gasteiger partial charge in [0, 0.05) is 12.1 Å². The summed E-state index contributed by atoms with van der Waals surface area (Å²) in [7, 11) is 0. The molecule has 1 aromatic carbocycles. The summed E-state index contributed by atoms with van der Waals surface area (Å²) in [6.07, 6.45) is 6.29. The molecule has 1 nitrogen and oxygen atoms in total. The largest absolute Gasteiger partial charge is 0.307 e. The number of hydrogen-bond acceptors (Lipinski definition) is 1. The molecule has 0 spiro atoms. The Kier molecular flexibility index (Phi) is 1.91. The number of nitrogens with one attached hydrogen (secondary N) is 1. The van der Waals surface area contributed by atoms with E-state index in [4.69, 9.17) is 0 Å². The molecule has 1 heteroatoms. The molecule has 0 radical (unpaired) electrons. The van der Waals surface area contributed by atoms with Crippen molar-refractivity contribution >= 4 is 5.57 Å². The van der Waals surface area contributed by atoms with Crippen LogP contribution in [0.5, 0.6) is 0 Å². The lowest BCUT2D eigenvalue weighted by atomic mass is 9.96. The van der Waals surface area contributed by atoms with Crippen molar-refractivity contribution in [3.05, 3.63) is 42.0 Å². The Morgan fingerprint density at radius 2 is 1.93 bits per heavy atom. The van der Waals surface area contributed by atoms with E-state index in [1.807, 2.05) is 0 Å². The van der Waals surface area contributed by atoms with Gasteiger partial charge < -0.3 is 5.32 Å². The summed E-state index contributed by atoms with van der Waals surface area (Å²) in [6.45, 7) is 0. The van der Waals surface area contributed by atoms with Gasteiger partial charge in [0.05, 0.1) is 0 Å². The lowest BCUT2D eigenvalue weighted by Gasteiger charge is -2.21. The molecule has 14 heavy (non-hydrogen) atoms. The third-order valence-electron chi connectivity index (χ3n) is 3.29. The van der Waals surface area contributed by atoms with Crippen LogP contribution in [0.15, 0.2) is 36.4 Å². The smallest absolute Gasteiger partial charge is 0.0259 e. The topological polar surface area (TPSA) is 12.0 Å². The first-order chi connectivity index (χ1) is 6.92. The van der Waals surface area contributed by atoms with E-state index in [1.165, 1.54) is 30.4 Å². The van der Waals surface area contributed by atoms with Gasteiger partial charge in [0.25, 0.3) is 0 Å². The summed E-state index contributed by atoms with van der Waals surface area (Å²) in [5.74, 6) is 0. The van der Waals surface area contributed by atoms with Crippen molar-refractivity contribution in [1.82, 2.24) is 5.32 Å². The third kappa shape index (κ3) is 1.38. The van der Waals surface area contributed by atoms with E-state index >= 15 is 0 Å². The zero-order valence-corrected chi connectivity index (χ0v) is 8.24.